The first kappa shape index (κ1) is 25.6. The molecule has 1 aliphatic heterocycles. The van der Waals surface area contributed by atoms with Crippen molar-refractivity contribution < 1.29 is 28.9 Å². The highest BCUT2D eigenvalue weighted by molar-refractivity contribution is 6.46. The van der Waals surface area contributed by atoms with Crippen LogP contribution in [0.15, 0.2) is 48.0 Å². The highest BCUT2D eigenvalue weighted by Gasteiger charge is 2.45. The van der Waals surface area contributed by atoms with Gasteiger partial charge in [0, 0.05) is 19.2 Å². The van der Waals surface area contributed by atoms with Crippen molar-refractivity contribution in [3.63, 3.8) is 0 Å². The summed E-state index contributed by atoms with van der Waals surface area (Å²) in [4.78, 5) is 27.4. The maximum atomic E-state index is 13.1. The molecule has 1 saturated heterocycles. The molecule has 0 aromatic heterocycles. The second kappa shape index (κ2) is 11.4. The first-order chi connectivity index (χ1) is 16.3. The Labute approximate surface area is 204 Å². The number of benzene rings is 2. The van der Waals surface area contributed by atoms with Gasteiger partial charge < -0.3 is 24.2 Å². The molecule has 0 saturated carbocycles. The van der Waals surface area contributed by atoms with Crippen LogP contribution in [-0.2, 0) is 14.3 Å². The summed E-state index contributed by atoms with van der Waals surface area (Å²) in [5.41, 5.74) is 1.01. The number of hydrogen-bond donors (Lipinski definition) is 1. The number of aliphatic hydroxyl groups excluding tert-OH is 1. The van der Waals surface area contributed by atoms with Gasteiger partial charge >= 0.3 is 0 Å². The minimum absolute atomic E-state index is 0.00160. The van der Waals surface area contributed by atoms with Gasteiger partial charge in [-0.2, -0.15) is 0 Å². The van der Waals surface area contributed by atoms with E-state index in [1.54, 1.807) is 42.5 Å². The van der Waals surface area contributed by atoms with Gasteiger partial charge in [0.05, 0.1) is 36.5 Å². The van der Waals surface area contributed by atoms with Crippen LogP contribution >= 0.6 is 11.6 Å². The molecule has 0 bridgehead atoms. The zero-order valence-electron chi connectivity index (χ0n) is 19.8. The van der Waals surface area contributed by atoms with Gasteiger partial charge in [-0.25, -0.2) is 0 Å². The van der Waals surface area contributed by atoms with E-state index in [4.69, 9.17) is 25.8 Å². The molecular weight excluding hydrogens is 458 g/mol. The average Bonchev–Trinajstić information content (AvgIpc) is 3.07. The molecule has 7 nitrogen and oxygen atoms in total. The largest absolute Gasteiger partial charge is 0.507 e. The highest BCUT2D eigenvalue weighted by Crippen LogP contribution is 2.40. The van der Waals surface area contributed by atoms with Crippen molar-refractivity contribution in [2.45, 2.75) is 26.8 Å². The maximum absolute atomic E-state index is 13.1. The Kier molecular flexibility index (Phi) is 8.58. The fourth-order valence-corrected chi connectivity index (χ4v) is 3.90. The van der Waals surface area contributed by atoms with Crippen molar-refractivity contribution in [2.75, 3.05) is 33.5 Å². The van der Waals surface area contributed by atoms with E-state index in [-0.39, 0.29) is 24.5 Å². The van der Waals surface area contributed by atoms with E-state index < -0.39 is 17.7 Å². The Hall–Kier alpha value is -3.03. The molecule has 0 aliphatic carbocycles. The fraction of sp³-hybridized carbons (Fsp3) is 0.385. The van der Waals surface area contributed by atoms with Gasteiger partial charge in [0.1, 0.15) is 17.3 Å². The molecule has 1 heterocycles. The number of carbonyl (C=O) groups excluding carboxylic acids is 2. The van der Waals surface area contributed by atoms with Crippen molar-refractivity contribution in [3.8, 4) is 11.5 Å². The number of ether oxygens (including phenoxy) is 3. The van der Waals surface area contributed by atoms with Gasteiger partial charge in [-0.15, -0.1) is 0 Å². The van der Waals surface area contributed by atoms with Crippen LogP contribution in [-0.4, -0.2) is 55.2 Å². The molecule has 1 unspecified atom stereocenters. The lowest BCUT2D eigenvalue weighted by Crippen LogP contribution is -2.32. The Balaban J connectivity index is 2.07. The lowest BCUT2D eigenvalue weighted by Gasteiger charge is -2.25. The summed E-state index contributed by atoms with van der Waals surface area (Å²) >= 11 is 6.18. The van der Waals surface area contributed by atoms with Gasteiger partial charge in [-0.3, -0.25) is 9.59 Å². The number of carbonyl (C=O) groups is 2. The lowest BCUT2D eigenvalue weighted by atomic mass is 9.95. The number of methoxy groups -OCH3 is 1. The molecule has 0 radical (unpaired) electrons. The number of likely N-dealkylation sites (tertiary alicyclic amines) is 1. The normalized spacial score (nSPS) is 17.5. The van der Waals surface area contributed by atoms with Crippen molar-refractivity contribution in [3.05, 3.63) is 64.2 Å². The summed E-state index contributed by atoms with van der Waals surface area (Å²) in [5.74, 6) is -0.299. The standard InChI is InChI=1S/C26H30ClNO6/c1-5-33-21-14-18(8-11-20(21)27)24(29)22-23(28(12-13-32-4)26(31)25(22)30)17-6-9-19(10-7-17)34-15-16(2)3/h6-11,14,16,23,29H,5,12-13,15H2,1-4H3/b24-22-. The van der Waals surface area contributed by atoms with E-state index >= 15 is 0 Å². The number of Topliss-reactive ketones (excluding diaryl/α,β-unsaturated/α-hetero) is 1. The monoisotopic (exact) mass is 487 g/mol. The van der Waals surface area contributed by atoms with E-state index in [1.807, 2.05) is 6.92 Å². The van der Waals surface area contributed by atoms with Gasteiger partial charge in [-0.05, 0) is 48.7 Å². The fourth-order valence-electron chi connectivity index (χ4n) is 3.73. The molecule has 2 aromatic carbocycles. The van der Waals surface area contributed by atoms with Crippen LogP contribution in [0.25, 0.3) is 5.76 Å². The first-order valence-electron chi connectivity index (χ1n) is 11.2. The number of hydrogen-bond acceptors (Lipinski definition) is 6. The Morgan fingerprint density at radius 1 is 1.12 bits per heavy atom. The summed E-state index contributed by atoms with van der Waals surface area (Å²) in [6.07, 6.45) is 0. The molecular formula is C26H30ClNO6. The predicted molar refractivity (Wildman–Crippen MR) is 130 cm³/mol. The van der Waals surface area contributed by atoms with Crippen LogP contribution < -0.4 is 9.47 Å². The molecule has 1 fully saturated rings. The Morgan fingerprint density at radius 2 is 1.82 bits per heavy atom. The van der Waals surface area contributed by atoms with Crippen molar-refractivity contribution >= 4 is 29.1 Å². The van der Waals surface area contributed by atoms with Crippen LogP contribution in [0.3, 0.4) is 0 Å². The van der Waals surface area contributed by atoms with E-state index in [0.717, 1.165) is 0 Å². The summed E-state index contributed by atoms with van der Waals surface area (Å²) in [7, 11) is 1.52. The third-order valence-electron chi connectivity index (χ3n) is 5.36. The van der Waals surface area contributed by atoms with Crippen LogP contribution in [0.5, 0.6) is 11.5 Å². The lowest BCUT2D eigenvalue weighted by molar-refractivity contribution is -0.140. The molecule has 1 aliphatic rings. The molecule has 34 heavy (non-hydrogen) atoms. The smallest absolute Gasteiger partial charge is 0.295 e. The molecule has 8 heteroatoms. The average molecular weight is 488 g/mol. The minimum Gasteiger partial charge on any atom is -0.507 e. The second-order valence-electron chi connectivity index (χ2n) is 8.34. The number of amides is 1. The number of rotatable bonds is 10. The first-order valence-corrected chi connectivity index (χ1v) is 11.6. The van der Waals surface area contributed by atoms with Crippen LogP contribution in [0.1, 0.15) is 37.9 Å². The zero-order chi connectivity index (χ0) is 24.8. The number of halogens is 1. The minimum atomic E-state index is -0.777. The molecule has 182 valence electrons. The number of ketones is 1. The zero-order valence-corrected chi connectivity index (χ0v) is 20.6. The van der Waals surface area contributed by atoms with Crippen molar-refractivity contribution in [1.29, 1.82) is 0 Å². The maximum Gasteiger partial charge on any atom is 0.295 e. The molecule has 0 spiro atoms. The quantitative estimate of drug-likeness (QED) is 0.293. The summed E-state index contributed by atoms with van der Waals surface area (Å²) < 4.78 is 16.4. The summed E-state index contributed by atoms with van der Waals surface area (Å²) in [6, 6.07) is 11.1. The molecule has 2 aromatic rings. The van der Waals surface area contributed by atoms with E-state index in [1.165, 1.54) is 12.0 Å². The number of aliphatic hydroxyl groups is 1. The van der Waals surface area contributed by atoms with E-state index in [9.17, 15) is 14.7 Å². The topological polar surface area (TPSA) is 85.3 Å². The van der Waals surface area contributed by atoms with Gasteiger partial charge in [0.15, 0.2) is 0 Å². The third kappa shape index (κ3) is 5.54. The Bertz CT molecular complexity index is 1060. The van der Waals surface area contributed by atoms with E-state index in [2.05, 4.69) is 13.8 Å². The summed E-state index contributed by atoms with van der Waals surface area (Å²) in [6.45, 7) is 7.34. The highest BCUT2D eigenvalue weighted by atomic mass is 35.5. The second-order valence-corrected chi connectivity index (χ2v) is 8.74. The molecule has 1 atom stereocenters. The van der Waals surface area contributed by atoms with Crippen LogP contribution in [0, 0.1) is 5.92 Å². The summed E-state index contributed by atoms with van der Waals surface area (Å²) in [5, 5.41) is 11.6. The molecule has 1 N–H and O–H groups in total. The van der Waals surface area contributed by atoms with Gasteiger partial charge in [0.2, 0.25) is 0 Å². The van der Waals surface area contributed by atoms with Crippen LogP contribution in [0.4, 0.5) is 0 Å². The molecule has 1 amide bonds. The molecule has 3 rings (SSSR count). The van der Waals surface area contributed by atoms with Crippen molar-refractivity contribution in [2.24, 2.45) is 5.92 Å². The SMILES string of the molecule is CCOc1cc(/C(O)=C2/C(=O)C(=O)N(CCOC)C2c2ccc(OCC(C)C)cc2)ccc1Cl. The van der Waals surface area contributed by atoms with Crippen molar-refractivity contribution in [1.82, 2.24) is 4.90 Å². The van der Waals surface area contributed by atoms with Gasteiger partial charge in [-0.1, -0.05) is 37.6 Å². The van der Waals surface area contributed by atoms with Crippen LogP contribution in [0.2, 0.25) is 5.02 Å². The van der Waals surface area contributed by atoms with E-state index in [0.29, 0.717) is 46.8 Å². The third-order valence-corrected chi connectivity index (χ3v) is 5.67. The predicted octanol–water partition coefficient (Wildman–Crippen LogP) is 4.84. The van der Waals surface area contributed by atoms with Gasteiger partial charge in [0.25, 0.3) is 11.7 Å². The number of nitrogens with zero attached hydrogens (tertiary/aromatic N) is 1. The Morgan fingerprint density at radius 3 is 2.44 bits per heavy atom.